The molecule has 2 nitrogen and oxygen atoms in total. The van der Waals surface area contributed by atoms with E-state index in [4.69, 9.17) is 0 Å². The van der Waals surface area contributed by atoms with Crippen molar-refractivity contribution < 1.29 is 4.58 Å². The maximum atomic E-state index is 2.32. The van der Waals surface area contributed by atoms with Crippen molar-refractivity contribution in [3.8, 4) is 0 Å². The Balaban J connectivity index is 2.85. The van der Waals surface area contributed by atoms with E-state index in [0.717, 1.165) is 0 Å². The van der Waals surface area contributed by atoms with Gasteiger partial charge in [0.15, 0.2) is 0 Å². The van der Waals surface area contributed by atoms with E-state index in [1.165, 1.54) is 13.6 Å². The van der Waals surface area contributed by atoms with Crippen LogP contribution in [0.3, 0.4) is 0 Å². The fourth-order valence-corrected chi connectivity index (χ4v) is 2.40. The number of halogens is 1. The highest BCUT2D eigenvalue weighted by atomic mass is 127. The molecule has 4 heteroatoms. The summed E-state index contributed by atoms with van der Waals surface area (Å²) in [7, 11) is 8.26. The van der Waals surface area contributed by atoms with E-state index in [0.29, 0.717) is 0 Å². The van der Waals surface area contributed by atoms with Crippen LogP contribution in [0.15, 0.2) is 29.2 Å². The van der Waals surface area contributed by atoms with Gasteiger partial charge in [-0.3, -0.25) is 9.48 Å². The number of rotatable bonds is 1. The van der Waals surface area contributed by atoms with Crippen LogP contribution >= 0.6 is 34.4 Å². The number of benzene rings is 1. The first-order chi connectivity index (χ1) is 7.00. The second kappa shape index (κ2) is 5.75. The highest BCUT2D eigenvalue weighted by molar-refractivity contribution is 14.1. The number of amidine groups is 1. The molecule has 0 unspecified atom stereocenters. The Hall–Kier alpha value is -0.230. The summed E-state index contributed by atoms with van der Waals surface area (Å²) in [5, 5.41) is 1.23. The molecule has 82 valence electrons. The van der Waals surface area contributed by atoms with E-state index in [-0.39, 0.29) is 0 Å². The molecule has 15 heavy (non-hydrogen) atoms. The molecule has 0 saturated heterocycles. The Bertz CT molecular complexity index is 353. The zero-order chi connectivity index (χ0) is 11.4. The Kier molecular flexibility index (Phi) is 4.92. The van der Waals surface area contributed by atoms with Crippen LogP contribution < -0.4 is 0 Å². The average molecular weight is 335 g/mol. The van der Waals surface area contributed by atoms with Crippen molar-refractivity contribution in [1.82, 2.24) is 4.90 Å². The van der Waals surface area contributed by atoms with Crippen molar-refractivity contribution in [3.05, 3.63) is 27.8 Å². The van der Waals surface area contributed by atoms with E-state index in [1.807, 2.05) is 0 Å². The SMILES string of the molecule is CN(C)C(Sc1ccc(I)cc1)=[N+](C)C. The molecule has 0 fully saturated rings. The predicted molar refractivity (Wildman–Crippen MR) is 75.8 cm³/mol. The topological polar surface area (TPSA) is 6.25 Å². The van der Waals surface area contributed by atoms with Crippen LogP contribution in [0.2, 0.25) is 0 Å². The van der Waals surface area contributed by atoms with Gasteiger partial charge in [0.25, 0.3) is 0 Å². The third-order valence-corrected chi connectivity index (χ3v) is 3.93. The lowest BCUT2D eigenvalue weighted by Gasteiger charge is -2.10. The van der Waals surface area contributed by atoms with E-state index >= 15 is 0 Å². The van der Waals surface area contributed by atoms with Gasteiger partial charge >= 0.3 is 5.17 Å². The maximum absolute atomic E-state index is 2.32. The number of hydrogen-bond acceptors (Lipinski definition) is 1. The average Bonchev–Trinajstić information content (AvgIpc) is 2.15. The third-order valence-electron chi connectivity index (χ3n) is 1.79. The monoisotopic (exact) mass is 335 g/mol. The number of nitrogens with zero attached hydrogens (tertiary/aromatic N) is 2. The number of thioether (sulfide) groups is 1. The maximum Gasteiger partial charge on any atom is 0.312 e. The summed E-state index contributed by atoms with van der Waals surface area (Å²) in [4.78, 5) is 3.40. The molecule has 0 spiro atoms. The fraction of sp³-hybridized carbons (Fsp3) is 0.364. The molecule has 0 aromatic heterocycles. The number of hydrogen-bond donors (Lipinski definition) is 0. The van der Waals surface area contributed by atoms with Gasteiger partial charge in [-0.15, -0.1) is 0 Å². The van der Waals surface area contributed by atoms with E-state index in [2.05, 4.69) is 84.5 Å². The fourth-order valence-electron chi connectivity index (χ4n) is 1.19. The van der Waals surface area contributed by atoms with Gasteiger partial charge in [0, 0.05) is 8.47 Å². The minimum Gasteiger partial charge on any atom is -0.261 e. The van der Waals surface area contributed by atoms with Crippen LogP contribution in [0, 0.1) is 3.57 Å². The second-order valence-electron chi connectivity index (χ2n) is 3.63. The second-order valence-corrected chi connectivity index (χ2v) is 5.91. The molecule has 1 aromatic carbocycles. The van der Waals surface area contributed by atoms with Crippen LogP contribution in [0.25, 0.3) is 0 Å². The molecule has 0 aliphatic heterocycles. The van der Waals surface area contributed by atoms with E-state index in [9.17, 15) is 0 Å². The molecular formula is C11H16IN2S+. The molecule has 0 radical (unpaired) electrons. The first kappa shape index (κ1) is 12.8. The molecule has 0 atom stereocenters. The normalized spacial score (nSPS) is 9.93. The van der Waals surface area contributed by atoms with Crippen LogP contribution in [0.4, 0.5) is 0 Å². The summed E-state index contributed by atoms with van der Waals surface area (Å²) >= 11 is 4.10. The summed E-state index contributed by atoms with van der Waals surface area (Å²) in [6.07, 6.45) is 0. The smallest absolute Gasteiger partial charge is 0.261 e. The summed E-state index contributed by atoms with van der Waals surface area (Å²) < 4.78 is 3.40. The van der Waals surface area contributed by atoms with Gasteiger partial charge in [-0.1, -0.05) is 0 Å². The highest BCUT2D eigenvalue weighted by Crippen LogP contribution is 2.21. The lowest BCUT2D eigenvalue weighted by molar-refractivity contribution is -0.466. The van der Waals surface area contributed by atoms with Gasteiger partial charge < -0.3 is 0 Å². The molecule has 0 aliphatic carbocycles. The summed E-state index contributed by atoms with van der Waals surface area (Å²) in [6, 6.07) is 8.57. The lowest BCUT2D eigenvalue weighted by atomic mass is 10.4. The van der Waals surface area contributed by atoms with E-state index in [1.54, 1.807) is 11.8 Å². The minimum absolute atomic E-state index is 1.23. The zero-order valence-electron chi connectivity index (χ0n) is 9.49. The van der Waals surface area contributed by atoms with Gasteiger partial charge in [0.2, 0.25) is 0 Å². The standard InChI is InChI=1S/C11H16IN2S/c1-13(2)11(14(3)4)15-10-7-5-9(12)6-8-10/h5-8H,1-4H3/q+1. The molecular weight excluding hydrogens is 319 g/mol. The van der Waals surface area contributed by atoms with Gasteiger partial charge in [0.1, 0.15) is 0 Å². The molecule has 0 amide bonds. The van der Waals surface area contributed by atoms with Crippen LogP contribution in [0.5, 0.6) is 0 Å². The quantitative estimate of drug-likeness (QED) is 0.256. The Morgan fingerprint density at radius 1 is 1.20 bits per heavy atom. The largest absolute Gasteiger partial charge is 0.312 e. The van der Waals surface area contributed by atoms with Crippen molar-refractivity contribution in [3.63, 3.8) is 0 Å². The van der Waals surface area contributed by atoms with Gasteiger partial charge in [-0.25, -0.2) is 0 Å². The van der Waals surface area contributed by atoms with Gasteiger partial charge in [-0.05, 0) is 58.6 Å². The summed E-state index contributed by atoms with van der Waals surface area (Å²) in [5.74, 6) is 0. The molecule has 0 heterocycles. The molecule has 1 rings (SSSR count). The van der Waals surface area contributed by atoms with Crippen LogP contribution in [-0.4, -0.2) is 42.8 Å². The van der Waals surface area contributed by atoms with Crippen LogP contribution in [-0.2, 0) is 0 Å². The first-order valence-corrected chi connectivity index (χ1v) is 6.55. The molecule has 0 bridgehead atoms. The minimum atomic E-state index is 1.23. The zero-order valence-corrected chi connectivity index (χ0v) is 12.5. The molecule has 0 N–H and O–H groups in total. The molecule has 1 aromatic rings. The van der Waals surface area contributed by atoms with Crippen molar-refractivity contribution in [2.45, 2.75) is 4.90 Å². The predicted octanol–water partition coefficient (Wildman–Crippen LogP) is 2.57. The van der Waals surface area contributed by atoms with Crippen molar-refractivity contribution in [1.29, 1.82) is 0 Å². The first-order valence-electron chi connectivity index (χ1n) is 4.65. The highest BCUT2D eigenvalue weighted by Gasteiger charge is 2.13. The molecule has 0 aliphatic rings. The van der Waals surface area contributed by atoms with Gasteiger partial charge in [0.05, 0.1) is 28.2 Å². The summed E-state index contributed by atoms with van der Waals surface area (Å²) in [6.45, 7) is 0. The Morgan fingerprint density at radius 3 is 2.13 bits per heavy atom. The summed E-state index contributed by atoms with van der Waals surface area (Å²) in [5.41, 5.74) is 0. The van der Waals surface area contributed by atoms with Crippen molar-refractivity contribution in [2.24, 2.45) is 0 Å². The van der Waals surface area contributed by atoms with E-state index < -0.39 is 0 Å². The lowest BCUT2D eigenvalue weighted by Crippen LogP contribution is -2.26. The van der Waals surface area contributed by atoms with Crippen molar-refractivity contribution >= 4 is 39.5 Å². The third kappa shape index (κ3) is 4.03. The molecule has 0 saturated carbocycles. The Morgan fingerprint density at radius 2 is 1.73 bits per heavy atom. The van der Waals surface area contributed by atoms with Crippen LogP contribution in [0.1, 0.15) is 0 Å². The van der Waals surface area contributed by atoms with Gasteiger partial charge in [-0.2, -0.15) is 0 Å². The van der Waals surface area contributed by atoms with Crippen molar-refractivity contribution in [2.75, 3.05) is 28.2 Å². The Labute approximate surface area is 110 Å².